The molecule has 0 saturated heterocycles. The van der Waals surface area contributed by atoms with Crippen LogP contribution in [-0.2, 0) is 13.0 Å². The molecule has 2 aromatic rings. The average Bonchev–Trinajstić information content (AvgIpc) is 2.95. The predicted octanol–water partition coefficient (Wildman–Crippen LogP) is 3.11. The first kappa shape index (κ1) is 14.1. The van der Waals surface area contributed by atoms with Crippen molar-refractivity contribution in [1.82, 2.24) is 10.1 Å². The molecule has 5 nitrogen and oxygen atoms in total. The minimum atomic E-state index is 0.120. The van der Waals surface area contributed by atoms with E-state index in [1.807, 2.05) is 26.0 Å². The minimum Gasteiger partial charge on any atom is -0.485 e. The molecule has 1 heterocycles. The first-order chi connectivity index (χ1) is 10.1. The van der Waals surface area contributed by atoms with Crippen molar-refractivity contribution >= 4 is 0 Å². The van der Waals surface area contributed by atoms with E-state index in [1.165, 1.54) is 11.1 Å². The van der Waals surface area contributed by atoms with E-state index in [1.54, 1.807) is 0 Å². The highest BCUT2D eigenvalue weighted by atomic mass is 16.5. The van der Waals surface area contributed by atoms with Gasteiger partial charge in [0.05, 0.1) is 0 Å². The fourth-order valence-corrected chi connectivity index (χ4v) is 2.69. The van der Waals surface area contributed by atoms with Crippen LogP contribution in [0.15, 0.2) is 22.7 Å². The Morgan fingerprint density at radius 2 is 2.29 bits per heavy atom. The summed E-state index contributed by atoms with van der Waals surface area (Å²) in [4.78, 5) is 4.32. The van der Waals surface area contributed by atoms with Crippen molar-refractivity contribution in [2.45, 2.75) is 51.7 Å². The van der Waals surface area contributed by atoms with Gasteiger partial charge in [-0.3, -0.25) is 0 Å². The number of nitrogens with two attached hydrogens (primary N) is 1. The average molecular weight is 287 g/mol. The topological polar surface area (TPSA) is 74.2 Å². The van der Waals surface area contributed by atoms with Crippen LogP contribution >= 0.6 is 0 Å². The first-order valence-corrected chi connectivity index (χ1v) is 7.48. The number of rotatable bonds is 4. The van der Waals surface area contributed by atoms with Crippen LogP contribution < -0.4 is 10.5 Å². The molecule has 1 aliphatic carbocycles. The summed E-state index contributed by atoms with van der Waals surface area (Å²) in [6.45, 7) is 4.36. The van der Waals surface area contributed by atoms with Gasteiger partial charge in [-0.15, -0.1) is 0 Å². The Kier molecular flexibility index (Phi) is 3.92. The van der Waals surface area contributed by atoms with Gasteiger partial charge in [0.2, 0.25) is 11.7 Å². The molecule has 21 heavy (non-hydrogen) atoms. The summed E-state index contributed by atoms with van der Waals surface area (Å²) >= 11 is 0. The van der Waals surface area contributed by atoms with Crippen molar-refractivity contribution < 1.29 is 9.26 Å². The van der Waals surface area contributed by atoms with Gasteiger partial charge in [-0.2, -0.15) is 4.98 Å². The molecule has 112 valence electrons. The Bertz CT molecular complexity index is 622. The monoisotopic (exact) mass is 287 g/mol. The Hall–Kier alpha value is -1.88. The van der Waals surface area contributed by atoms with Gasteiger partial charge in [-0.1, -0.05) is 31.1 Å². The van der Waals surface area contributed by atoms with Crippen LogP contribution in [0.4, 0.5) is 0 Å². The van der Waals surface area contributed by atoms with Gasteiger partial charge in [-0.25, -0.2) is 0 Å². The number of nitrogens with zero attached hydrogens (tertiary/aromatic N) is 2. The third kappa shape index (κ3) is 2.93. The van der Waals surface area contributed by atoms with Gasteiger partial charge >= 0.3 is 0 Å². The van der Waals surface area contributed by atoms with E-state index < -0.39 is 0 Å². The van der Waals surface area contributed by atoms with E-state index in [0.29, 0.717) is 18.3 Å². The molecule has 0 fully saturated rings. The Balaban J connectivity index is 1.74. The lowest BCUT2D eigenvalue weighted by molar-refractivity contribution is 0.280. The Labute approximate surface area is 124 Å². The molecular formula is C16H21N3O2. The minimum absolute atomic E-state index is 0.120. The Morgan fingerprint density at radius 3 is 3.05 bits per heavy atom. The van der Waals surface area contributed by atoms with Crippen molar-refractivity contribution in [3.8, 4) is 5.75 Å². The molecule has 1 aliphatic rings. The maximum absolute atomic E-state index is 6.16. The van der Waals surface area contributed by atoms with Crippen molar-refractivity contribution in [3.05, 3.63) is 41.0 Å². The van der Waals surface area contributed by atoms with E-state index in [2.05, 4.69) is 16.2 Å². The van der Waals surface area contributed by atoms with Crippen LogP contribution in [0, 0.1) is 0 Å². The van der Waals surface area contributed by atoms with E-state index >= 15 is 0 Å². The van der Waals surface area contributed by atoms with Gasteiger partial charge < -0.3 is 15.0 Å². The Morgan fingerprint density at radius 1 is 1.43 bits per heavy atom. The molecule has 0 aliphatic heterocycles. The van der Waals surface area contributed by atoms with Crippen LogP contribution in [0.3, 0.4) is 0 Å². The van der Waals surface area contributed by atoms with Crippen LogP contribution in [-0.4, -0.2) is 10.1 Å². The van der Waals surface area contributed by atoms with E-state index in [9.17, 15) is 0 Å². The highest BCUT2D eigenvalue weighted by Crippen LogP contribution is 2.34. The third-order valence-electron chi connectivity index (χ3n) is 3.85. The summed E-state index contributed by atoms with van der Waals surface area (Å²) in [5.41, 5.74) is 8.59. The van der Waals surface area contributed by atoms with Crippen molar-refractivity contribution in [2.24, 2.45) is 5.73 Å². The maximum Gasteiger partial charge on any atom is 0.229 e. The molecule has 3 rings (SSSR count). The first-order valence-electron chi connectivity index (χ1n) is 7.48. The lowest BCUT2D eigenvalue weighted by atomic mass is 9.88. The second-order valence-corrected chi connectivity index (χ2v) is 5.81. The van der Waals surface area contributed by atoms with Crippen molar-refractivity contribution in [1.29, 1.82) is 0 Å². The number of fused-ring (bicyclic) bond motifs is 1. The SMILES string of the molecule is CC(C)c1nc(COc2cccc3c2CCCC3N)no1. The standard InChI is InChI=1S/C16H21N3O2/c1-10(2)16-18-15(19-21-16)9-20-14-8-4-5-11-12(14)6-3-7-13(11)17/h4-5,8,10,13H,3,6-7,9,17H2,1-2H3. The molecule has 1 aromatic heterocycles. The smallest absolute Gasteiger partial charge is 0.229 e. The second kappa shape index (κ2) is 5.85. The maximum atomic E-state index is 6.16. The molecule has 1 unspecified atom stereocenters. The largest absolute Gasteiger partial charge is 0.485 e. The second-order valence-electron chi connectivity index (χ2n) is 5.81. The van der Waals surface area contributed by atoms with Crippen LogP contribution in [0.5, 0.6) is 5.75 Å². The number of aromatic nitrogens is 2. The van der Waals surface area contributed by atoms with Crippen LogP contribution in [0.1, 0.15) is 61.5 Å². The zero-order chi connectivity index (χ0) is 14.8. The predicted molar refractivity (Wildman–Crippen MR) is 79.0 cm³/mol. The van der Waals surface area contributed by atoms with Gasteiger partial charge in [-0.05, 0) is 36.5 Å². The zero-order valence-electron chi connectivity index (χ0n) is 12.5. The van der Waals surface area contributed by atoms with Gasteiger partial charge in [0.15, 0.2) is 6.61 Å². The van der Waals surface area contributed by atoms with Gasteiger partial charge in [0, 0.05) is 12.0 Å². The molecule has 0 spiro atoms. The highest BCUT2D eigenvalue weighted by molar-refractivity contribution is 5.43. The number of hydrogen-bond donors (Lipinski definition) is 1. The fraction of sp³-hybridized carbons (Fsp3) is 0.500. The van der Waals surface area contributed by atoms with Crippen LogP contribution in [0.2, 0.25) is 0 Å². The molecular weight excluding hydrogens is 266 g/mol. The highest BCUT2D eigenvalue weighted by Gasteiger charge is 2.20. The zero-order valence-corrected chi connectivity index (χ0v) is 12.5. The van der Waals surface area contributed by atoms with Crippen molar-refractivity contribution in [3.63, 3.8) is 0 Å². The summed E-state index contributed by atoms with van der Waals surface area (Å²) < 4.78 is 11.1. The van der Waals surface area contributed by atoms with E-state index in [-0.39, 0.29) is 12.0 Å². The summed E-state index contributed by atoms with van der Waals surface area (Å²) in [5.74, 6) is 2.34. The molecule has 5 heteroatoms. The third-order valence-corrected chi connectivity index (χ3v) is 3.85. The fourth-order valence-electron chi connectivity index (χ4n) is 2.69. The van der Waals surface area contributed by atoms with E-state index in [0.717, 1.165) is 25.0 Å². The molecule has 0 radical (unpaired) electrons. The van der Waals surface area contributed by atoms with Gasteiger partial charge in [0.1, 0.15) is 5.75 Å². The van der Waals surface area contributed by atoms with Gasteiger partial charge in [0.25, 0.3) is 0 Å². The summed E-state index contributed by atoms with van der Waals surface area (Å²) in [6, 6.07) is 6.20. The molecule has 2 N–H and O–H groups in total. The van der Waals surface area contributed by atoms with Crippen LogP contribution in [0.25, 0.3) is 0 Å². The molecule has 0 amide bonds. The summed E-state index contributed by atoms with van der Waals surface area (Å²) in [7, 11) is 0. The molecule has 1 atom stereocenters. The normalized spacial score (nSPS) is 17.8. The molecule has 0 saturated carbocycles. The lowest BCUT2D eigenvalue weighted by Crippen LogP contribution is -2.18. The van der Waals surface area contributed by atoms with Crippen molar-refractivity contribution in [2.75, 3.05) is 0 Å². The number of ether oxygens (including phenoxy) is 1. The quantitative estimate of drug-likeness (QED) is 0.935. The number of benzene rings is 1. The molecule has 1 aromatic carbocycles. The molecule has 0 bridgehead atoms. The number of hydrogen-bond acceptors (Lipinski definition) is 5. The van der Waals surface area contributed by atoms with E-state index in [4.69, 9.17) is 15.0 Å². The summed E-state index contributed by atoms with van der Waals surface area (Å²) in [6.07, 6.45) is 3.16. The lowest BCUT2D eigenvalue weighted by Gasteiger charge is -2.24. The summed E-state index contributed by atoms with van der Waals surface area (Å²) in [5, 5.41) is 3.94.